The first-order valence-corrected chi connectivity index (χ1v) is 8.96. The summed E-state index contributed by atoms with van der Waals surface area (Å²) in [6, 6.07) is 2.89. The molecule has 1 saturated heterocycles. The molecule has 8 heteroatoms. The van der Waals surface area contributed by atoms with Crippen molar-refractivity contribution in [3.05, 3.63) is 28.4 Å². The molecule has 0 bridgehead atoms. The van der Waals surface area contributed by atoms with E-state index in [2.05, 4.69) is 4.98 Å². The van der Waals surface area contributed by atoms with Gasteiger partial charge in [0.2, 0.25) is 0 Å². The number of nitrogens with zero attached hydrogens (tertiary/aromatic N) is 3. The molecule has 1 amide bonds. The monoisotopic (exact) mass is 365 g/mol. The van der Waals surface area contributed by atoms with Gasteiger partial charge in [0.15, 0.2) is 0 Å². The average Bonchev–Trinajstić information content (AvgIpc) is 2.58. The normalized spacial score (nSPS) is 17.7. The second-order valence-corrected chi connectivity index (χ2v) is 7.51. The molecule has 0 radical (unpaired) electrons. The highest BCUT2D eigenvalue weighted by molar-refractivity contribution is 5.68. The Morgan fingerprint density at radius 1 is 1.46 bits per heavy atom. The van der Waals surface area contributed by atoms with Crippen LogP contribution in [0.5, 0.6) is 5.88 Å². The Morgan fingerprint density at radius 3 is 2.92 bits per heavy atom. The topological polar surface area (TPSA) is 94.8 Å². The Hall–Kier alpha value is -2.38. The molecule has 0 aliphatic carbocycles. The Labute approximate surface area is 153 Å². The van der Waals surface area contributed by atoms with Crippen LogP contribution in [0.4, 0.5) is 10.5 Å². The highest BCUT2D eigenvalue weighted by Crippen LogP contribution is 2.25. The number of pyridine rings is 1. The van der Waals surface area contributed by atoms with Crippen LogP contribution in [-0.4, -0.2) is 46.2 Å². The number of ether oxygens (including phenoxy) is 2. The van der Waals surface area contributed by atoms with Crippen LogP contribution in [0, 0.1) is 16.0 Å². The molecule has 2 rings (SSSR count). The molecule has 1 aliphatic rings. The summed E-state index contributed by atoms with van der Waals surface area (Å²) >= 11 is 0. The van der Waals surface area contributed by atoms with Crippen molar-refractivity contribution in [3.8, 4) is 5.88 Å². The molecule has 1 atom stereocenters. The predicted molar refractivity (Wildman–Crippen MR) is 96.2 cm³/mol. The van der Waals surface area contributed by atoms with E-state index in [-0.39, 0.29) is 17.7 Å². The van der Waals surface area contributed by atoms with Crippen molar-refractivity contribution in [1.29, 1.82) is 0 Å². The molecule has 0 N–H and O–H groups in total. The van der Waals surface area contributed by atoms with Gasteiger partial charge in [-0.05, 0) is 58.4 Å². The zero-order chi connectivity index (χ0) is 19.2. The van der Waals surface area contributed by atoms with E-state index in [4.69, 9.17) is 9.47 Å². The number of carbonyl (C=O) groups is 1. The fraction of sp³-hybridized carbons (Fsp3) is 0.667. The second-order valence-electron chi connectivity index (χ2n) is 7.51. The Bertz CT molecular complexity index is 629. The summed E-state index contributed by atoms with van der Waals surface area (Å²) in [5, 5.41) is 10.9. The quantitative estimate of drug-likeness (QED) is 0.432. The summed E-state index contributed by atoms with van der Waals surface area (Å²) in [6.45, 7) is 7.35. The van der Waals surface area contributed by atoms with Crippen LogP contribution in [0.2, 0.25) is 0 Å². The van der Waals surface area contributed by atoms with Crippen molar-refractivity contribution in [2.45, 2.75) is 52.1 Å². The molecule has 1 fully saturated rings. The van der Waals surface area contributed by atoms with Gasteiger partial charge in [0.1, 0.15) is 5.60 Å². The van der Waals surface area contributed by atoms with E-state index < -0.39 is 10.5 Å². The first kappa shape index (κ1) is 19.9. The SMILES string of the molecule is CC(C)(C)OC(=O)N1CCCC(CCCOc2ncccc2[N+](=O)[O-])C1. The molecule has 0 aromatic carbocycles. The van der Waals surface area contributed by atoms with Crippen LogP contribution in [-0.2, 0) is 4.74 Å². The molecule has 1 aliphatic heterocycles. The van der Waals surface area contributed by atoms with E-state index in [0.717, 1.165) is 32.2 Å². The number of amides is 1. The lowest BCUT2D eigenvalue weighted by atomic mass is 9.94. The lowest BCUT2D eigenvalue weighted by molar-refractivity contribution is -0.386. The van der Waals surface area contributed by atoms with Gasteiger partial charge < -0.3 is 14.4 Å². The number of hydrogen-bond donors (Lipinski definition) is 0. The smallest absolute Gasteiger partial charge is 0.410 e. The summed E-state index contributed by atoms with van der Waals surface area (Å²) < 4.78 is 10.9. The number of carbonyl (C=O) groups excluding carboxylic acids is 1. The Balaban J connectivity index is 1.76. The van der Waals surface area contributed by atoms with Crippen LogP contribution in [0.25, 0.3) is 0 Å². The number of aromatic nitrogens is 1. The fourth-order valence-electron chi connectivity index (χ4n) is 2.97. The van der Waals surface area contributed by atoms with Gasteiger partial charge in [-0.1, -0.05) is 0 Å². The minimum absolute atomic E-state index is 0.0523. The van der Waals surface area contributed by atoms with E-state index in [1.165, 1.54) is 18.3 Å². The minimum atomic E-state index is -0.498. The largest absolute Gasteiger partial charge is 0.473 e. The van der Waals surface area contributed by atoms with Crippen LogP contribution in [0.1, 0.15) is 46.5 Å². The third-order valence-corrected chi connectivity index (χ3v) is 4.11. The predicted octanol–water partition coefficient (Wildman–Crippen LogP) is 3.80. The van der Waals surface area contributed by atoms with E-state index in [1.54, 1.807) is 4.90 Å². The van der Waals surface area contributed by atoms with Gasteiger partial charge in [-0.15, -0.1) is 0 Å². The highest BCUT2D eigenvalue weighted by Gasteiger charge is 2.27. The van der Waals surface area contributed by atoms with Crippen LogP contribution >= 0.6 is 0 Å². The van der Waals surface area contributed by atoms with E-state index in [1.807, 2.05) is 20.8 Å². The fourth-order valence-corrected chi connectivity index (χ4v) is 2.97. The molecule has 144 valence electrons. The van der Waals surface area contributed by atoms with Crippen molar-refractivity contribution in [3.63, 3.8) is 0 Å². The molecular weight excluding hydrogens is 338 g/mol. The van der Waals surface area contributed by atoms with Gasteiger partial charge in [-0.3, -0.25) is 10.1 Å². The summed E-state index contributed by atoms with van der Waals surface area (Å²) in [4.78, 5) is 28.3. The molecular formula is C18H27N3O5. The van der Waals surface area contributed by atoms with Crippen molar-refractivity contribution in [1.82, 2.24) is 9.88 Å². The van der Waals surface area contributed by atoms with E-state index in [9.17, 15) is 14.9 Å². The van der Waals surface area contributed by atoms with E-state index >= 15 is 0 Å². The van der Waals surface area contributed by atoms with Gasteiger partial charge in [0.05, 0.1) is 11.5 Å². The van der Waals surface area contributed by atoms with Crippen LogP contribution in [0.15, 0.2) is 18.3 Å². The lowest BCUT2D eigenvalue weighted by Gasteiger charge is -2.34. The Kier molecular flexibility index (Phi) is 6.76. The zero-order valence-electron chi connectivity index (χ0n) is 15.6. The van der Waals surface area contributed by atoms with Gasteiger partial charge in [0, 0.05) is 25.4 Å². The zero-order valence-corrected chi connectivity index (χ0v) is 15.6. The van der Waals surface area contributed by atoms with Gasteiger partial charge in [0.25, 0.3) is 5.88 Å². The summed E-state index contributed by atoms with van der Waals surface area (Å²) in [5.74, 6) is 0.440. The maximum Gasteiger partial charge on any atom is 0.410 e. The molecule has 8 nitrogen and oxygen atoms in total. The highest BCUT2D eigenvalue weighted by atomic mass is 16.6. The second kappa shape index (κ2) is 8.82. The van der Waals surface area contributed by atoms with Gasteiger partial charge in [-0.2, -0.15) is 0 Å². The molecule has 0 saturated carbocycles. The summed E-state index contributed by atoms with van der Waals surface area (Å²) in [7, 11) is 0. The number of rotatable bonds is 6. The van der Waals surface area contributed by atoms with Crippen molar-refractivity contribution < 1.29 is 19.2 Å². The molecule has 1 aromatic rings. The van der Waals surface area contributed by atoms with Crippen molar-refractivity contribution >= 4 is 11.8 Å². The first-order valence-electron chi connectivity index (χ1n) is 8.96. The average molecular weight is 365 g/mol. The third-order valence-electron chi connectivity index (χ3n) is 4.11. The maximum absolute atomic E-state index is 12.2. The van der Waals surface area contributed by atoms with Crippen molar-refractivity contribution in [2.24, 2.45) is 5.92 Å². The maximum atomic E-state index is 12.2. The molecule has 26 heavy (non-hydrogen) atoms. The molecule has 2 heterocycles. The molecule has 1 unspecified atom stereocenters. The van der Waals surface area contributed by atoms with Crippen molar-refractivity contribution in [2.75, 3.05) is 19.7 Å². The number of hydrogen-bond acceptors (Lipinski definition) is 6. The van der Waals surface area contributed by atoms with Crippen LogP contribution < -0.4 is 4.74 Å². The minimum Gasteiger partial charge on any atom is -0.473 e. The molecule has 1 aromatic heterocycles. The van der Waals surface area contributed by atoms with Crippen LogP contribution in [0.3, 0.4) is 0 Å². The lowest BCUT2D eigenvalue weighted by Crippen LogP contribution is -2.42. The number of nitro groups is 1. The third kappa shape index (κ3) is 6.16. The summed E-state index contributed by atoms with van der Waals surface area (Å²) in [5.41, 5.74) is -0.615. The summed E-state index contributed by atoms with van der Waals surface area (Å²) in [6.07, 6.45) is 4.87. The first-order chi connectivity index (χ1) is 12.3. The van der Waals surface area contributed by atoms with Gasteiger partial charge >= 0.3 is 11.8 Å². The van der Waals surface area contributed by atoms with Gasteiger partial charge in [-0.25, -0.2) is 9.78 Å². The molecule has 0 spiro atoms. The standard InChI is InChI=1S/C18H27N3O5/c1-18(2,3)26-17(22)20-11-5-7-14(13-20)8-6-12-25-16-15(21(23)24)9-4-10-19-16/h4,9-10,14H,5-8,11-13H2,1-3H3. The number of likely N-dealkylation sites (tertiary alicyclic amines) is 1. The Morgan fingerprint density at radius 2 is 2.23 bits per heavy atom. The number of piperidine rings is 1. The van der Waals surface area contributed by atoms with E-state index in [0.29, 0.717) is 19.1 Å².